The van der Waals surface area contributed by atoms with Crippen LogP contribution in [0.3, 0.4) is 0 Å². The van der Waals surface area contributed by atoms with E-state index in [0.717, 1.165) is 18.5 Å². The lowest BCUT2D eigenvalue weighted by Gasteiger charge is -2.14. The Labute approximate surface area is 111 Å². The molecule has 1 atom stereocenters. The molecule has 1 aromatic rings. The minimum atomic E-state index is -0.984. The van der Waals surface area contributed by atoms with Gasteiger partial charge in [-0.3, -0.25) is 4.68 Å². The smallest absolute Gasteiger partial charge is 0.326 e. The maximum absolute atomic E-state index is 11.7. The van der Waals surface area contributed by atoms with Crippen molar-refractivity contribution in [2.45, 2.75) is 31.8 Å². The molecule has 1 aliphatic rings. The molecule has 0 spiro atoms. The molecule has 104 valence electrons. The van der Waals surface area contributed by atoms with E-state index in [1.54, 1.807) is 24.0 Å². The zero-order chi connectivity index (χ0) is 13.8. The molecular weight excluding hydrogens is 248 g/mol. The van der Waals surface area contributed by atoms with E-state index in [9.17, 15) is 9.59 Å². The van der Waals surface area contributed by atoms with Crippen molar-refractivity contribution in [1.82, 2.24) is 20.4 Å². The summed E-state index contributed by atoms with van der Waals surface area (Å²) in [5, 5.41) is 18.1. The molecule has 2 rings (SSSR count). The van der Waals surface area contributed by atoms with Crippen LogP contribution in [0.25, 0.3) is 0 Å². The summed E-state index contributed by atoms with van der Waals surface area (Å²) in [6.07, 6.45) is 4.26. The fourth-order valence-electron chi connectivity index (χ4n) is 1.86. The van der Waals surface area contributed by atoms with Gasteiger partial charge >= 0.3 is 12.0 Å². The number of aromatic nitrogens is 2. The summed E-state index contributed by atoms with van der Waals surface area (Å²) in [5.74, 6) is -0.541. The van der Waals surface area contributed by atoms with Crippen molar-refractivity contribution in [3.05, 3.63) is 18.0 Å². The number of aliphatic carboxylic acids is 1. The standard InChI is InChI=1S/C12H18N4O3/c1-16-9(4-5-14-16)7-13-12(19)15-10(11(17)18)6-8-2-3-8/h4-5,8,10H,2-3,6-7H2,1H3,(H,17,18)(H2,13,15,19). The van der Waals surface area contributed by atoms with E-state index in [-0.39, 0.29) is 0 Å². The molecule has 7 nitrogen and oxygen atoms in total. The summed E-state index contributed by atoms with van der Waals surface area (Å²) >= 11 is 0. The molecule has 7 heteroatoms. The van der Waals surface area contributed by atoms with E-state index in [4.69, 9.17) is 5.11 Å². The number of carboxylic acid groups (broad SMARTS) is 1. The predicted molar refractivity (Wildman–Crippen MR) is 67.3 cm³/mol. The van der Waals surface area contributed by atoms with Gasteiger partial charge in [-0.15, -0.1) is 0 Å². The van der Waals surface area contributed by atoms with Gasteiger partial charge in [0.25, 0.3) is 0 Å². The van der Waals surface area contributed by atoms with E-state index in [0.29, 0.717) is 18.9 Å². The summed E-state index contributed by atoms with van der Waals surface area (Å²) in [7, 11) is 1.78. The molecule has 0 bridgehead atoms. The lowest BCUT2D eigenvalue weighted by Crippen LogP contribution is -2.46. The van der Waals surface area contributed by atoms with E-state index >= 15 is 0 Å². The number of nitrogens with one attached hydrogen (secondary N) is 2. The maximum Gasteiger partial charge on any atom is 0.326 e. The van der Waals surface area contributed by atoms with Gasteiger partial charge in [-0.2, -0.15) is 5.10 Å². The van der Waals surface area contributed by atoms with Gasteiger partial charge in [-0.1, -0.05) is 12.8 Å². The molecule has 19 heavy (non-hydrogen) atoms. The highest BCUT2D eigenvalue weighted by Crippen LogP contribution is 2.33. The van der Waals surface area contributed by atoms with Gasteiger partial charge < -0.3 is 15.7 Å². The Bertz CT molecular complexity index is 467. The van der Waals surface area contributed by atoms with Crippen LogP contribution in [0.2, 0.25) is 0 Å². The Morgan fingerprint density at radius 1 is 1.58 bits per heavy atom. The normalized spacial score (nSPS) is 15.8. The lowest BCUT2D eigenvalue weighted by atomic mass is 10.1. The van der Waals surface area contributed by atoms with Gasteiger partial charge in [-0.05, 0) is 18.4 Å². The minimum Gasteiger partial charge on any atom is -0.480 e. The molecule has 1 heterocycles. The number of carbonyl (C=O) groups excluding carboxylic acids is 1. The van der Waals surface area contributed by atoms with Crippen molar-refractivity contribution in [2.24, 2.45) is 13.0 Å². The monoisotopic (exact) mass is 266 g/mol. The molecule has 0 aliphatic heterocycles. The van der Waals surface area contributed by atoms with Crippen LogP contribution in [0.5, 0.6) is 0 Å². The first-order valence-corrected chi connectivity index (χ1v) is 6.30. The third-order valence-electron chi connectivity index (χ3n) is 3.22. The molecule has 1 fully saturated rings. The van der Waals surface area contributed by atoms with Gasteiger partial charge in [0, 0.05) is 13.2 Å². The van der Waals surface area contributed by atoms with Crippen LogP contribution in [-0.4, -0.2) is 32.9 Å². The number of urea groups is 1. The first kappa shape index (κ1) is 13.4. The Balaban J connectivity index is 1.78. The molecule has 1 saturated carbocycles. The van der Waals surface area contributed by atoms with Gasteiger partial charge in [0.05, 0.1) is 12.2 Å². The Morgan fingerprint density at radius 3 is 2.84 bits per heavy atom. The van der Waals surface area contributed by atoms with Crippen molar-refractivity contribution < 1.29 is 14.7 Å². The van der Waals surface area contributed by atoms with Crippen LogP contribution in [-0.2, 0) is 18.4 Å². The highest BCUT2D eigenvalue weighted by atomic mass is 16.4. The number of hydrogen-bond acceptors (Lipinski definition) is 3. The van der Waals surface area contributed by atoms with Gasteiger partial charge in [0.2, 0.25) is 0 Å². The molecular formula is C12H18N4O3. The Hall–Kier alpha value is -2.05. The van der Waals surface area contributed by atoms with Crippen LogP contribution in [0.4, 0.5) is 4.79 Å². The summed E-state index contributed by atoms with van der Waals surface area (Å²) in [4.78, 5) is 22.7. The van der Waals surface area contributed by atoms with Crippen LogP contribution in [0.15, 0.2) is 12.3 Å². The molecule has 0 radical (unpaired) electrons. The van der Waals surface area contributed by atoms with Crippen molar-refractivity contribution >= 4 is 12.0 Å². The van der Waals surface area contributed by atoms with E-state index in [1.165, 1.54) is 0 Å². The summed E-state index contributed by atoms with van der Waals surface area (Å²) in [5.41, 5.74) is 0.851. The van der Waals surface area contributed by atoms with Gasteiger partial charge in [0.15, 0.2) is 0 Å². The molecule has 1 unspecified atom stereocenters. The van der Waals surface area contributed by atoms with E-state index in [2.05, 4.69) is 15.7 Å². The molecule has 0 saturated heterocycles. The average molecular weight is 266 g/mol. The molecule has 1 aliphatic carbocycles. The number of nitrogens with zero attached hydrogens (tertiary/aromatic N) is 2. The number of amides is 2. The summed E-state index contributed by atoms with van der Waals surface area (Å²) < 4.78 is 1.65. The second-order valence-corrected chi connectivity index (χ2v) is 4.84. The first-order chi connectivity index (χ1) is 9.06. The van der Waals surface area contributed by atoms with Crippen molar-refractivity contribution in [2.75, 3.05) is 0 Å². The second kappa shape index (κ2) is 5.73. The number of aryl methyl sites for hydroxylation is 1. The van der Waals surface area contributed by atoms with E-state index < -0.39 is 18.0 Å². The lowest BCUT2D eigenvalue weighted by molar-refractivity contribution is -0.139. The number of carboxylic acids is 1. The van der Waals surface area contributed by atoms with Crippen molar-refractivity contribution in [3.8, 4) is 0 Å². The minimum absolute atomic E-state index is 0.318. The quantitative estimate of drug-likeness (QED) is 0.697. The predicted octanol–water partition coefficient (Wildman–Crippen LogP) is 0.473. The van der Waals surface area contributed by atoms with Crippen LogP contribution < -0.4 is 10.6 Å². The van der Waals surface area contributed by atoms with Crippen molar-refractivity contribution in [3.63, 3.8) is 0 Å². The van der Waals surface area contributed by atoms with Crippen LogP contribution in [0, 0.1) is 5.92 Å². The third-order valence-corrected chi connectivity index (χ3v) is 3.22. The highest BCUT2D eigenvalue weighted by molar-refractivity contribution is 5.82. The molecule has 2 amide bonds. The number of rotatable bonds is 6. The highest BCUT2D eigenvalue weighted by Gasteiger charge is 2.30. The molecule has 3 N–H and O–H groups in total. The molecule has 1 aromatic heterocycles. The SMILES string of the molecule is Cn1nccc1CNC(=O)NC(CC1CC1)C(=O)O. The topological polar surface area (TPSA) is 96.3 Å². The zero-order valence-corrected chi connectivity index (χ0v) is 10.8. The fourth-order valence-corrected chi connectivity index (χ4v) is 1.86. The van der Waals surface area contributed by atoms with Crippen LogP contribution in [0.1, 0.15) is 25.0 Å². The Morgan fingerprint density at radius 2 is 2.32 bits per heavy atom. The second-order valence-electron chi connectivity index (χ2n) is 4.84. The summed E-state index contributed by atoms with van der Waals surface area (Å²) in [6, 6.07) is 0.521. The molecule has 0 aromatic carbocycles. The van der Waals surface area contributed by atoms with Gasteiger partial charge in [0.1, 0.15) is 6.04 Å². The fraction of sp³-hybridized carbons (Fsp3) is 0.583. The Kier molecular flexibility index (Phi) is 4.03. The summed E-state index contributed by atoms with van der Waals surface area (Å²) in [6.45, 7) is 0.318. The van der Waals surface area contributed by atoms with E-state index in [1.807, 2.05) is 0 Å². The maximum atomic E-state index is 11.7. The number of carbonyl (C=O) groups is 2. The number of hydrogen-bond donors (Lipinski definition) is 3. The van der Waals surface area contributed by atoms with Crippen molar-refractivity contribution in [1.29, 1.82) is 0 Å². The first-order valence-electron chi connectivity index (χ1n) is 6.30. The average Bonchev–Trinajstić information content (AvgIpc) is 3.07. The van der Waals surface area contributed by atoms with Crippen LogP contribution >= 0.6 is 0 Å². The third kappa shape index (κ3) is 3.97. The zero-order valence-electron chi connectivity index (χ0n) is 10.8. The van der Waals surface area contributed by atoms with Gasteiger partial charge in [-0.25, -0.2) is 9.59 Å². The largest absolute Gasteiger partial charge is 0.480 e.